The van der Waals surface area contributed by atoms with Gasteiger partial charge in [-0.2, -0.15) is 0 Å². The molecule has 0 aromatic heterocycles. The van der Waals surface area contributed by atoms with Crippen LogP contribution in [0.25, 0.3) is 0 Å². The second kappa shape index (κ2) is 3.93. The molecule has 1 aliphatic rings. The summed E-state index contributed by atoms with van der Waals surface area (Å²) in [6.45, 7) is 3.87. The number of rotatable bonds is 2. The van der Waals surface area contributed by atoms with Gasteiger partial charge in [0.1, 0.15) is 0 Å². The van der Waals surface area contributed by atoms with Crippen LogP contribution >= 0.6 is 0 Å². The summed E-state index contributed by atoms with van der Waals surface area (Å²) in [7, 11) is 0. The molecular formula is C13H12NO2. The number of nitrogens with zero attached hydrogens (tertiary/aromatic N) is 1. The first-order valence-electron chi connectivity index (χ1n) is 5.21. The molecule has 1 aromatic rings. The van der Waals surface area contributed by atoms with E-state index in [1.54, 1.807) is 6.07 Å². The van der Waals surface area contributed by atoms with E-state index in [1.165, 1.54) is 17.1 Å². The minimum Gasteiger partial charge on any atom is -0.269 e. The molecule has 1 radical (unpaired) electrons. The van der Waals surface area contributed by atoms with Gasteiger partial charge in [-0.05, 0) is 42.7 Å². The van der Waals surface area contributed by atoms with E-state index in [0.717, 1.165) is 17.5 Å². The Kier molecular flexibility index (Phi) is 2.60. The molecule has 16 heavy (non-hydrogen) atoms. The van der Waals surface area contributed by atoms with Crippen molar-refractivity contribution < 1.29 is 9.59 Å². The van der Waals surface area contributed by atoms with E-state index in [-0.39, 0.29) is 11.8 Å². The highest BCUT2D eigenvalue weighted by molar-refractivity contribution is 6.28. The van der Waals surface area contributed by atoms with Crippen molar-refractivity contribution in [3.63, 3.8) is 0 Å². The lowest BCUT2D eigenvalue weighted by molar-refractivity contribution is -0.120. The van der Waals surface area contributed by atoms with Gasteiger partial charge in [0, 0.05) is 12.2 Å². The summed E-state index contributed by atoms with van der Waals surface area (Å²) in [5.74, 6) is -0.539. The Balaban J connectivity index is 2.55. The van der Waals surface area contributed by atoms with Crippen LogP contribution in [0.1, 0.15) is 18.1 Å². The fourth-order valence-corrected chi connectivity index (χ4v) is 1.87. The molecule has 2 amide bonds. The van der Waals surface area contributed by atoms with Crippen LogP contribution in [0.4, 0.5) is 5.69 Å². The maximum absolute atomic E-state index is 11.6. The summed E-state index contributed by atoms with van der Waals surface area (Å²) in [6.07, 6.45) is 3.38. The number of anilines is 1. The van der Waals surface area contributed by atoms with Gasteiger partial charge in [-0.1, -0.05) is 6.92 Å². The lowest BCUT2D eigenvalue weighted by Gasteiger charge is -2.19. The number of imide groups is 1. The van der Waals surface area contributed by atoms with E-state index in [9.17, 15) is 9.59 Å². The summed E-state index contributed by atoms with van der Waals surface area (Å²) in [5.41, 5.74) is 2.57. The molecule has 0 atom stereocenters. The SMILES string of the molecule is CCc1c[c]cc(C)c1N1C(=O)C=CC1=O. The molecule has 0 saturated heterocycles. The Hall–Kier alpha value is -1.90. The zero-order chi connectivity index (χ0) is 11.7. The van der Waals surface area contributed by atoms with E-state index in [0.29, 0.717) is 5.69 Å². The molecule has 0 fully saturated rings. The molecule has 0 saturated carbocycles. The molecule has 1 aromatic carbocycles. The Morgan fingerprint density at radius 3 is 2.38 bits per heavy atom. The zero-order valence-corrected chi connectivity index (χ0v) is 9.28. The van der Waals surface area contributed by atoms with Gasteiger partial charge in [0.2, 0.25) is 0 Å². The van der Waals surface area contributed by atoms with Crippen LogP contribution in [-0.4, -0.2) is 11.8 Å². The molecule has 2 rings (SSSR count). The van der Waals surface area contributed by atoms with Gasteiger partial charge in [-0.25, -0.2) is 4.90 Å². The highest BCUT2D eigenvalue weighted by Crippen LogP contribution is 2.27. The van der Waals surface area contributed by atoms with Crippen molar-refractivity contribution in [1.82, 2.24) is 0 Å². The number of amides is 2. The predicted molar refractivity (Wildman–Crippen MR) is 61.0 cm³/mol. The van der Waals surface area contributed by atoms with E-state index >= 15 is 0 Å². The number of carbonyl (C=O) groups is 2. The number of benzene rings is 1. The Morgan fingerprint density at radius 2 is 1.81 bits per heavy atom. The average molecular weight is 214 g/mol. The van der Waals surface area contributed by atoms with E-state index < -0.39 is 0 Å². The number of hydrogen-bond donors (Lipinski definition) is 0. The van der Waals surface area contributed by atoms with Crippen molar-refractivity contribution in [2.24, 2.45) is 0 Å². The quantitative estimate of drug-likeness (QED) is 0.704. The standard InChI is InChI=1S/C13H12NO2/c1-3-10-6-4-5-9(2)13(10)14-11(15)7-8-12(14)16/h5-8H,3H2,1-2H3. The van der Waals surface area contributed by atoms with E-state index in [4.69, 9.17) is 0 Å². The molecule has 0 spiro atoms. The lowest BCUT2D eigenvalue weighted by atomic mass is 10.0. The molecule has 81 valence electrons. The van der Waals surface area contributed by atoms with Gasteiger partial charge in [0.05, 0.1) is 5.69 Å². The van der Waals surface area contributed by atoms with Gasteiger partial charge in [0.15, 0.2) is 0 Å². The molecule has 1 heterocycles. The normalized spacial score (nSPS) is 15.0. The van der Waals surface area contributed by atoms with Gasteiger partial charge < -0.3 is 0 Å². The lowest BCUT2D eigenvalue weighted by Crippen LogP contribution is -2.31. The zero-order valence-electron chi connectivity index (χ0n) is 9.28. The molecule has 0 unspecified atom stereocenters. The molecule has 3 heteroatoms. The average Bonchev–Trinajstić information content (AvgIpc) is 2.59. The number of hydrogen-bond acceptors (Lipinski definition) is 2. The van der Waals surface area contributed by atoms with Crippen molar-refractivity contribution >= 4 is 17.5 Å². The molecule has 1 aliphatic heterocycles. The maximum atomic E-state index is 11.6. The van der Waals surface area contributed by atoms with Crippen LogP contribution < -0.4 is 4.90 Å². The van der Waals surface area contributed by atoms with E-state index in [1.807, 2.05) is 19.9 Å². The van der Waals surface area contributed by atoms with Crippen LogP contribution in [0.15, 0.2) is 24.3 Å². The summed E-state index contributed by atoms with van der Waals surface area (Å²) < 4.78 is 0. The van der Waals surface area contributed by atoms with E-state index in [2.05, 4.69) is 6.07 Å². The predicted octanol–water partition coefficient (Wildman–Crippen LogP) is 1.79. The first-order valence-corrected chi connectivity index (χ1v) is 5.21. The Morgan fingerprint density at radius 1 is 1.19 bits per heavy atom. The summed E-state index contributed by atoms with van der Waals surface area (Å²) in [4.78, 5) is 24.5. The minimum atomic E-state index is -0.269. The van der Waals surface area contributed by atoms with Crippen molar-refractivity contribution in [2.45, 2.75) is 20.3 Å². The monoisotopic (exact) mass is 214 g/mol. The second-order valence-electron chi connectivity index (χ2n) is 3.71. The molecule has 3 nitrogen and oxygen atoms in total. The highest BCUT2D eigenvalue weighted by Gasteiger charge is 2.27. The Bertz CT molecular complexity index is 471. The van der Waals surface area contributed by atoms with Crippen LogP contribution in [0.3, 0.4) is 0 Å². The maximum Gasteiger partial charge on any atom is 0.258 e. The second-order valence-corrected chi connectivity index (χ2v) is 3.71. The smallest absolute Gasteiger partial charge is 0.258 e. The third kappa shape index (κ3) is 1.54. The largest absolute Gasteiger partial charge is 0.269 e. The summed E-state index contributed by atoms with van der Waals surface area (Å²) in [5, 5.41) is 0. The molecule has 0 N–H and O–H groups in total. The van der Waals surface area contributed by atoms with Gasteiger partial charge in [-0.15, -0.1) is 0 Å². The first kappa shape index (κ1) is 10.6. The van der Waals surface area contributed by atoms with Crippen LogP contribution in [-0.2, 0) is 16.0 Å². The topological polar surface area (TPSA) is 37.4 Å². The van der Waals surface area contributed by atoms with Gasteiger partial charge in [0.25, 0.3) is 11.8 Å². The Labute approximate surface area is 94.4 Å². The van der Waals surface area contributed by atoms with Crippen molar-refractivity contribution in [1.29, 1.82) is 0 Å². The number of carbonyl (C=O) groups excluding carboxylic acids is 2. The molecular weight excluding hydrogens is 202 g/mol. The van der Waals surface area contributed by atoms with Gasteiger partial charge >= 0.3 is 0 Å². The fourth-order valence-electron chi connectivity index (χ4n) is 1.87. The van der Waals surface area contributed by atoms with Crippen LogP contribution in [0, 0.1) is 13.0 Å². The molecule has 0 aliphatic carbocycles. The summed E-state index contributed by atoms with van der Waals surface area (Å²) in [6, 6.07) is 6.61. The highest BCUT2D eigenvalue weighted by atomic mass is 16.2. The van der Waals surface area contributed by atoms with Gasteiger partial charge in [-0.3, -0.25) is 9.59 Å². The van der Waals surface area contributed by atoms with Crippen molar-refractivity contribution in [3.8, 4) is 0 Å². The van der Waals surface area contributed by atoms with Crippen LogP contribution in [0.5, 0.6) is 0 Å². The summed E-state index contributed by atoms with van der Waals surface area (Å²) >= 11 is 0. The first-order chi connectivity index (χ1) is 7.65. The van der Waals surface area contributed by atoms with Crippen molar-refractivity contribution in [3.05, 3.63) is 41.5 Å². The van der Waals surface area contributed by atoms with Crippen molar-refractivity contribution in [2.75, 3.05) is 4.90 Å². The minimum absolute atomic E-state index is 0.269. The third-order valence-electron chi connectivity index (χ3n) is 2.65. The molecule has 0 bridgehead atoms. The third-order valence-corrected chi connectivity index (χ3v) is 2.65. The number of aryl methyl sites for hydroxylation is 2. The fraction of sp³-hybridized carbons (Fsp3) is 0.231. The van der Waals surface area contributed by atoms with Crippen LogP contribution in [0.2, 0.25) is 0 Å².